The third-order valence-corrected chi connectivity index (χ3v) is 3.33. The normalized spacial score (nSPS) is 11.9. The average molecular weight is 307 g/mol. The van der Waals surface area contributed by atoms with Crippen LogP contribution in [0.3, 0.4) is 0 Å². The summed E-state index contributed by atoms with van der Waals surface area (Å²) in [6.07, 6.45) is 5.26. The van der Waals surface area contributed by atoms with Gasteiger partial charge in [0.05, 0.1) is 0 Å². The molecule has 5 N–H and O–H groups in total. The molecule has 0 aliphatic heterocycles. The molecule has 112 valence electrons. The summed E-state index contributed by atoms with van der Waals surface area (Å²) in [6, 6.07) is 0. The first-order valence-electron chi connectivity index (χ1n) is 5.65. The minimum Gasteiger partial charge on any atom is -0.317 e. The van der Waals surface area contributed by atoms with E-state index in [1.807, 2.05) is 0 Å². The number of hydrogen-bond donors (Lipinski definition) is 5. The fraction of sp³-hybridized carbons (Fsp3) is 1.00. The molecule has 0 bridgehead atoms. The molecule has 0 spiro atoms. The van der Waals surface area contributed by atoms with Crippen molar-refractivity contribution in [1.82, 2.24) is 5.32 Å². The van der Waals surface area contributed by atoms with Crippen molar-refractivity contribution in [2.24, 2.45) is 0 Å². The largest absolute Gasteiger partial charge is 0.478 e. The summed E-state index contributed by atoms with van der Waals surface area (Å²) in [6.45, 7) is 6.86. The van der Waals surface area contributed by atoms with Crippen LogP contribution < -0.4 is 5.32 Å². The average Bonchev–Trinajstić information content (AvgIpc) is 2.13. The highest BCUT2D eigenvalue weighted by Crippen LogP contribution is 2.53. The van der Waals surface area contributed by atoms with Gasteiger partial charge in [-0.1, -0.05) is 26.7 Å². The van der Waals surface area contributed by atoms with Crippen LogP contribution in [-0.2, 0) is 13.4 Å². The first kappa shape index (κ1) is 20.5. The highest BCUT2D eigenvalue weighted by Gasteiger charge is 2.27. The lowest BCUT2D eigenvalue weighted by molar-refractivity contribution is 0.225. The highest BCUT2D eigenvalue weighted by atomic mass is 31.3. The highest BCUT2D eigenvalue weighted by molar-refractivity contribution is 7.60. The smallest absolute Gasteiger partial charge is 0.317 e. The summed E-state index contributed by atoms with van der Waals surface area (Å²) in [4.78, 5) is 31.0. The Hall–Kier alpha value is 0.220. The van der Waals surface area contributed by atoms with Crippen molar-refractivity contribution < 1.29 is 33.0 Å². The van der Waals surface area contributed by atoms with Gasteiger partial charge in [-0.25, -0.2) is 9.13 Å². The van der Waals surface area contributed by atoms with Gasteiger partial charge in [0.25, 0.3) is 0 Å². The van der Waals surface area contributed by atoms with Crippen LogP contribution in [0.1, 0.15) is 39.5 Å². The zero-order valence-corrected chi connectivity index (χ0v) is 12.4. The predicted octanol–water partition coefficient (Wildman–Crippen LogP) is 1.36. The van der Waals surface area contributed by atoms with E-state index in [0.717, 1.165) is 0 Å². The number of nitrogens with one attached hydrogen (secondary N) is 1. The van der Waals surface area contributed by atoms with Crippen molar-refractivity contribution in [3.05, 3.63) is 0 Å². The molecule has 0 atom stereocenters. The van der Waals surface area contributed by atoms with Gasteiger partial charge in [0.1, 0.15) is 0 Å². The SMILES string of the molecule is CCCCNCCCC.O=P(O)(O)OP(=O)(O)O. The van der Waals surface area contributed by atoms with E-state index < -0.39 is 15.6 Å². The fourth-order valence-electron chi connectivity index (χ4n) is 0.867. The molecule has 0 radical (unpaired) electrons. The van der Waals surface area contributed by atoms with Crippen molar-refractivity contribution in [2.45, 2.75) is 39.5 Å². The molecule has 0 unspecified atom stereocenters. The van der Waals surface area contributed by atoms with Crippen LogP contribution in [0, 0.1) is 0 Å². The number of rotatable bonds is 8. The van der Waals surface area contributed by atoms with Gasteiger partial charge >= 0.3 is 15.6 Å². The Morgan fingerprint density at radius 1 is 0.889 bits per heavy atom. The number of hydrogen-bond acceptors (Lipinski definition) is 4. The minimum absolute atomic E-state index is 1.20. The van der Waals surface area contributed by atoms with Crippen molar-refractivity contribution in [2.75, 3.05) is 13.1 Å². The zero-order valence-electron chi connectivity index (χ0n) is 10.7. The second kappa shape index (κ2) is 11.1. The quantitative estimate of drug-likeness (QED) is 0.335. The molecule has 0 fully saturated rings. The molecule has 18 heavy (non-hydrogen) atoms. The summed E-state index contributed by atoms with van der Waals surface area (Å²) in [5, 5.41) is 3.39. The van der Waals surface area contributed by atoms with Gasteiger partial charge in [0, 0.05) is 0 Å². The first-order valence-corrected chi connectivity index (χ1v) is 8.71. The van der Waals surface area contributed by atoms with Gasteiger partial charge in [0.15, 0.2) is 0 Å². The lowest BCUT2D eigenvalue weighted by Gasteiger charge is -2.03. The van der Waals surface area contributed by atoms with E-state index in [1.165, 1.54) is 38.8 Å². The van der Waals surface area contributed by atoms with Crippen molar-refractivity contribution in [3.8, 4) is 0 Å². The molecule has 10 heteroatoms. The molecule has 0 aromatic rings. The molecule has 0 aliphatic carbocycles. The first-order chi connectivity index (χ1) is 8.12. The van der Waals surface area contributed by atoms with E-state index in [0.29, 0.717) is 0 Å². The molecule has 0 heterocycles. The molecule has 0 saturated carbocycles. The topological polar surface area (TPSA) is 136 Å². The number of phosphoric acid groups is 2. The number of unbranched alkanes of at least 4 members (excludes halogenated alkanes) is 2. The van der Waals surface area contributed by atoms with Crippen LogP contribution >= 0.6 is 15.6 Å². The fourth-order valence-corrected chi connectivity index (χ4v) is 1.98. The van der Waals surface area contributed by atoms with Crippen LogP contribution in [0.4, 0.5) is 0 Å². The van der Waals surface area contributed by atoms with E-state index in [2.05, 4.69) is 23.5 Å². The van der Waals surface area contributed by atoms with Gasteiger partial charge in [-0.2, -0.15) is 4.31 Å². The summed E-state index contributed by atoms with van der Waals surface area (Å²) >= 11 is 0. The van der Waals surface area contributed by atoms with E-state index in [4.69, 9.17) is 19.6 Å². The third kappa shape index (κ3) is 25.2. The molecular formula is C8H23NO7P2. The Morgan fingerprint density at radius 3 is 1.39 bits per heavy atom. The van der Waals surface area contributed by atoms with E-state index in [9.17, 15) is 9.13 Å². The van der Waals surface area contributed by atoms with Gasteiger partial charge in [-0.15, -0.1) is 0 Å². The molecular weight excluding hydrogens is 284 g/mol. The van der Waals surface area contributed by atoms with Gasteiger partial charge in [0.2, 0.25) is 0 Å². The van der Waals surface area contributed by atoms with Crippen LogP contribution in [0.5, 0.6) is 0 Å². The van der Waals surface area contributed by atoms with Crippen molar-refractivity contribution in [1.29, 1.82) is 0 Å². The monoisotopic (exact) mass is 307 g/mol. The lowest BCUT2D eigenvalue weighted by atomic mass is 10.3. The molecule has 0 saturated heterocycles. The Morgan fingerprint density at radius 2 is 1.22 bits per heavy atom. The summed E-state index contributed by atoms with van der Waals surface area (Å²) < 4.78 is 22.2. The van der Waals surface area contributed by atoms with E-state index >= 15 is 0 Å². The standard InChI is InChI=1S/C8H19N.H4O7P2/c1-3-5-7-9-8-6-4-2;1-8(2,3)7-9(4,5)6/h9H,3-8H2,1-2H3;(H2,1,2,3)(H2,4,5,6). The maximum Gasteiger partial charge on any atom is 0.478 e. The molecule has 0 aliphatic rings. The van der Waals surface area contributed by atoms with Crippen LogP contribution in [0.2, 0.25) is 0 Å². The zero-order chi connectivity index (χ0) is 14.7. The van der Waals surface area contributed by atoms with E-state index in [1.54, 1.807) is 0 Å². The molecule has 8 nitrogen and oxygen atoms in total. The minimum atomic E-state index is -5.05. The second-order valence-electron chi connectivity index (χ2n) is 3.52. The molecule has 0 aromatic heterocycles. The summed E-state index contributed by atoms with van der Waals surface area (Å²) in [7, 11) is -10.1. The molecule has 0 aromatic carbocycles. The van der Waals surface area contributed by atoms with Gasteiger partial charge in [-0.3, -0.25) is 0 Å². The lowest BCUT2D eigenvalue weighted by Crippen LogP contribution is -2.15. The van der Waals surface area contributed by atoms with Crippen LogP contribution in [-0.4, -0.2) is 32.7 Å². The Labute approximate surface area is 107 Å². The van der Waals surface area contributed by atoms with Crippen LogP contribution in [0.15, 0.2) is 0 Å². The van der Waals surface area contributed by atoms with E-state index in [-0.39, 0.29) is 0 Å². The summed E-state index contributed by atoms with van der Waals surface area (Å²) in [5.74, 6) is 0. The Bertz CT molecular complexity index is 249. The molecule has 0 rings (SSSR count). The predicted molar refractivity (Wildman–Crippen MR) is 67.9 cm³/mol. The maximum absolute atomic E-state index is 9.63. The van der Waals surface area contributed by atoms with Crippen LogP contribution in [0.25, 0.3) is 0 Å². The van der Waals surface area contributed by atoms with Crippen molar-refractivity contribution >= 4 is 15.6 Å². The maximum atomic E-state index is 9.63. The summed E-state index contributed by atoms with van der Waals surface area (Å²) in [5.41, 5.74) is 0. The third-order valence-electron chi connectivity index (χ3n) is 1.63. The van der Waals surface area contributed by atoms with Gasteiger partial charge < -0.3 is 24.9 Å². The molecule has 0 amide bonds. The van der Waals surface area contributed by atoms with Gasteiger partial charge in [-0.05, 0) is 25.9 Å². The Kier molecular flexibility index (Phi) is 12.6. The van der Waals surface area contributed by atoms with Crippen molar-refractivity contribution in [3.63, 3.8) is 0 Å². The Balaban J connectivity index is 0. The second-order valence-corrected chi connectivity index (χ2v) is 6.14.